The van der Waals surface area contributed by atoms with Crippen LogP contribution in [0, 0.1) is 11.3 Å². The maximum atomic E-state index is 8.83. The van der Waals surface area contributed by atoms with Crippen molar-refractivity contribution in [2.24, 2.45) is 4.99 Å². The average molecular weight is 457 g/mol. The largest absolute Gasteiger partial charge is 0.383 e. The number of nitriles is 1. The summed E-state index contributed by atoms with van der Waals surface area (Å²) >= 11 is 0. The second-order valence-corrected chi connectivity index (χ2v) is 5.99. The molecule has 1 aromatic rings. The molecule has 1 heterocycles. The smallest absolute Gasteiger partial charge is 0.191 e. The SMILES string of the molecule is CN=C(NCc1ccc(C#N)cc1)NC1CCN(CCOC)CC1.I. The van der Waals surface area contributed by atoms with Crippen molar-refractivity contribution in [1.29, 1.82) is 5.26 Å². The summed E-state index contributed by atoms with van der Waals surface area (Å²) in [6.45, 7) is 4.68. The number of methoxy groups -OCH3 is 1. The van der Waals surface area contributed by atoms with Crippen molar-refractivity contribution >= 4 is 29.9 Å². The first-order valence-corrected chi connectivity index (χ1v) is 8.42. The van der Waals surface area contributed by atoms with Gasteiger partial charge in [0.05, 0.1) is 18.2 Å². The number of halogens is 1. The number of nitrogens with one attached hydrogen (secondary N) is 2. The van der Waals surface area contributed by atoms with Crippen molar-refractivity contribution in [3.63, 3.8) is 0 Å². The highest BCUT2D eigenvalue weighted by atomic mass is 127. The Kier molecular flexibility index (Phi) is 10.5. The van der Waals surface area contributed by atoms with E-state index >= 15 is 0 Å². The van der Waals surface area contributed by atoms with E-state index < -0.39 is 0 Å². The topological polar surface area (TPSA) is 72.7 Å². The molecule has 0 aromatic heterocycles. The number of rotatable bonds is 6. The number of aliphatic imine (C=N–C) groups is 1. The highest BCUT2D eigenvalue weighted by molar-refractivity contribution is 14.0. The lowest BCUT2D eigenvalue weighted by Crippen LogP contribution is -2.48. The zero-order valence-electron chi connectivity index (χ0n) is 15.0. The van der Waals surface area contributed by atoms with Gasteiger partial charge in [0.15, 0.2) is 5.96 Å². The molecule has 1 aliphatic heterocycles. The summed E-state index contributed by atoms with van der Waals surface area (Å²) in [4.78, 5) is 6.75. The van der Waals surface area contributed by atoms with Crippen molar-refractivity contribution in [2.75, 3.05) is 40.4 Å². The average Bonchev–Trinajstić information content (AvgIpc) is 2.64. The fraction of sp³-hybridized carbons (Fsp3) is 0.556. The number of guanidine groups is 1. The minimum Gasteiger partial charge on any atom is -0.383 e. The lowest BCUT2D eigenvalue weighted by molar-refractivity contribution is 0.128. The Morgan fingerprint density at radius 2 is 2.00 bits per heavy atom. The lowest BCUT2D eigenvalue weighted by Gasteiger charge is -2.32. The number of hydrogen-bond donors (Lipinski definition) is 2. The summed E-state index contributed by atoms with van der Waals surface area (Å²) in [6.07, 6.45) is 2.22. The Labute approximate surface area is 167 Å². The van der Waals surface area contributed by atoms with Crippen molar-refractivity contribution in [3.8, 4) is 6.07 Å². The number of ether oxygens (including phenoxy) is 1. The van der Waals surface area contributed by atoms with E-state index in [9.17, 15) is 0 Å². The molecule has 0 bridgehead atoms. The summed E-state index contributed by atoms with van der Waals surface area (Å²) in [5.41, 5.74) is 1.81. The second-order valence-electron chi connectivity index (χ2n) is 5.99. The molecule has 0 aliphatic carbocycles. The van der Waals surface area contributed by atoms with Gasteiger partial charge in [-0.15, -0.1) is 24.0 Å². The standard InChI is InChI=1S/C18H27N5O.HI/c1-20-18(21-14-16-5-3-15(13-19)4-6-16)22-17-7-9-23(10-8-17)11-12-24-2;/h3-6,17H,7-12,14H2,1-2H3,(H2,20,21,22);1H. The van der Waals surface area contributed by atoms with E-state index in [0.717, 1.165) is 50.6 Å². The maximum absolute atomic E-state index is 8.83. The fourth-order valence-corrected chi connectivity index (χ4v) is 2.79. The van der Waals surface area contributed by atoms with Crippen molar-refractivity contribution in [2.45, 2.75) is 25.4 Å². The molecule has 1 saturated heterocycles. The molecule has 0 radical (unpaired) electrons. The van der Waals surface area contributed by atoms with Gasteiger partial charge in [0.2, 0.25) is 0 Å². The Bertz CT molecular complexity index is 562. The van der Waals surface area contributed by atoms with E-state index in [1.165, 1.54) is 0 Å². The third kappa shape index (κ3) is 7.59. The van der Waals surface area contributed by atoms with Gasteiger partial charge < -0.3 is 20.3 Å². The Balaban J connectivity index is 0.00000312. The first-order chi connectivity index (χ1) is 11.7. The van der Waals surface area contributed by atoms with E-state index in [1.54, 1.807) is 14.2 Å². The van der Waals surface area contributed by atoms with Gasteiger partial charge >= 0.3 is 0 Å². The van der Waals surface area contributed by atoms with Gasteiger partial charge in [-0.05, 0) is 30.5 Å². The van der Waals surface area contributed by atoms with Crippen LogP contribution in [-0.2, 0) is 11.3 Å². The predicted octanol–water partition coefficient (Wildman–Crippen LogP) is 1.95. The van der Waals surface area contributed by atoms with E-state index in [1.807, 2.05) is 24.3 Å². The maximum Gasteiger partial charge on any atom is 0.191 e. The normalized spacial score (nSPS) is 16.0. The molecular formula is C18H28IN5O. The molecular weight excluding hydrogens is 429 g/mol. The van der Waals surface area contributed by atoms with Gasteiger partial charge in [-0.1, -0.05) is 12.1 Å². The number of piperidine rings is 1. The van der Waals surface area contributed by atoms with E-state index in [4.69, 9.17) is 10.00 Å². The molecule has 1 aliphatic rings. The van der Waals surface area contributed by atoms with Crippen LogP contribution in [0.5, 0.6) is 0 Å². The Morgan fingerprint density at radius 3 is 2.56 bits per heavy atom. The molecule has 7 heteroatoms. The quantitative estimate of drug-likeness (QED) is 0.388. The first-order valence-electron chi connectivity index (χ1n) is 8.42. The summed E-state index contributed by atoms with van der Waals surface area (Å²) in [5.74, 6) is 0.828. The van der Waals surface area contributed by atoms with Crippen LogP contribution in [-0.4, -0.2) is 57.3 Å². The minimum absolute atomic E-state index is 0. The van der Waals surface area contributed by atoms with Crippen LogP contribution in [0.2, 0.25) is 0 Å². The monoisotopic (exact) mass is 457 g/mol. The summed E-state index contributed by atoms with van der Waals surface area (Å²) < 4.78 is 5.14. The van der Waals surface area contributed by atoms with Crippen LogP contribution in [0.15, 0.2) is 29.3 Å². The van der Waals surface area contributed by atoms with Crippen molar-refractivity contribution in [3.05, 3.63) is 35.4 Å². The zero-order valence-corrected chi connectivity index (χ0v) is 17.3. The number of nitrogens with zero attached hydrogens (tertiary/aromatic N) is 3. The van der Waals surface area contributed by atoms with Gasteiger partial charge in [-0.25, -0.2) is 0 Å². The predicted molar refractivity (Wildman–Crippen MR) is 111 cm³/mol. The molecule has 0 saturated carbocycles. The molecule has 0 atom stereocenters. The summed E-state index contributed by atoms with van der Waals surface area (Å²) in [6, 6.07) is 10.2. The van der Waals surface area contributed by atoms with Crippen molar-refractivity contribution < 1.29 is 4.74 Å². The molecule has 25 heavy (non-hydrogen) atoms. The van der Waals surface area contributed by atoms with E-state index in [0.29, 0.717) is 18.2 Å². The van der Waals surface area contributed by atoms with Crippen LogP contribution >= 0.6 is 24.0 Å². The third-order valence-corrected chi connectivity index (χ3v) is 4.31. The summed E-state index contributed by atoms with van der Waals surface area (Å²) in [5, 5.41) is 15.7. The van der Waals surface area contributed by atoms with Crippen LogP contribution in [0.25, 0.3) is 0 Å². The number of hydrogen-bond acceptors (Lipinski definition) is 4. The highest BCUT2D eigenvalue weighted by Crippen LogP contribution is 2.10. The molecule has 2 rings (SSSR count). The van der Waals surface area contributed by atoms with Gasteiger partial charge in [0.1, 0.15) is 0 Å². The van der Waals surface area contributed by atoms with Gasteiger partial charge in [0.25, 0.3) is 0 Å². The van der Waals surface area contributed by atoms with Crippen LogP contribution < -0.4 is 10.6 Å². The summed E-state index contributed by atoms with van der Waals surface area (Å²) in [7, 11) is 3.54. The Morgan fingerprint density at radius 1 is 1.32 bits per heavy atom. The molecule has 0 amide bonds. The van der Waals surface area contributed by atoms with Gasteiger partial charge in [0, 0.05) is 46.4 Å². The second kappa shape index (κ2) is 12.1. The number of likely N-dealkylation sites (tertiary alicyclic amines) is 1. The molecule has 2 N–H and O–H groups in total. The molecule has 6 nitrogen and oxygen atoms in total. The molecule has 0 spiro atoms. The molecule has 1 fully saturated rings. The highest BCUT2D eigenvalue weighted by Gasteiger charge is 2.19. The number of benzene rings is 1. The fourth-order valence-electron chi connectivity index (χ4n) is 2.79. The van der Waals surface area contributed by atoms with E-state index in [2.05, 4.69) is 26.6 Å². The Hall–Kier alpha value is -1.37. The molecule has 0 unspecified atom stereocenters. The minimum atomic E-state index is 0. The van der Waals surface area contributed by atoms with Crippen LogP contribution in [0.1, 0.15) is 24.0 Å². The third-order valence-electron chi connectivity index (χ3n) is 4.31. The van der Waals surface area contributed by atoms with Crippen LogP contribution in [0.4, 0.5) is 0 Å². The molecule has 138 valence electrons. The van der Waals surface area contributed by atoms with E-state index in [-0.39, 0.29) is 24.0 Å². The van der Waals surface area contributed by atoms with Gasteiger partial charge in [-0.3, -0.25) is 4.99 Å². The zero-order chi connectivity index (χ0) is 17.2. The van der Waals surface area contributed by atoms with Gasteiger partial charge in [-0.2, -0.15) is 5.26 Å². The first kappa shape index (κ1) is 21.7. The lowest BCUT2D eigenvalue weighted by atomic mass is 10.1. The van der Waals surface area contributed by atoms with Crippen molar-refractivity contribution in [1.82, 2.24) is 15.5 Å². The molecule has 1 aromatic carbocycles. The van der Waals surface area contributed by atoms with Crippen LogP contribution in [0.3, 0.4) is 0 Å².